The Morgan fingerprint density at radius 3 is 2.47 bits per heavy atom. The predicted octanol–water partition coefficient (Wildman–Crippen LogP) is 4.09. The lowest BCUT2D eigenvalue weighted by molar-refractivity contribution is 0.628. The van der Waals surface area contributed by atoms with E-state index in [4.69, 9.17) is 0 Å². The molecule has 0 spiro atoms. The largest absolute Gasteiger partial charge is 0.381 e. The van der Waals surface area contributed by atoms with Gasteiger partial charge in [0, 0.05) is 17.8 Å². The van der Waals surface area contributed by atoms with Gasteiger partial charge in [0.05, 0.1) is 0 Å². The summed E-state index contributed by atoms with van der Waals surface area (Å²) in [4.78, 5) is 0. The molecule has 0 heterocycles. The molecule has 1 N–H and O–H groups in total. The molecule has 0 unspecified atom stereocenters. The number of halogens is 1. The molecular weight excluding hydrogens is 213 g/mol. The minimum absolute atomic E-state index is 0.217. The Labute approximate surface area is 101 Å². The maximum absolute atomic E-state index is 12.9. The molecule has 2 aromatic carbocycles. The van der Waals surface area contributed by atoms with Crippen LogP contribution in [-0.4, -0.2) is 6.54 Å². The van der Waals surface area contributed by atoms with Crippen LogP contribution in [0.25, 0.3) is 11.1 Å². The quantitative estimate of drug-likeness (QED) is 0.776. The second kappa shape index (κ2) is 5.30. The van der Waals surface area contributed by atoms with Crippen molar-refractivity contribution in [3.05, 3.63) is 67.0 Å². The molecule has 0 aliphatic carbocycles. The number of benzene rings is 2. The van der Waals surface area contributed by atoms with E-state index < -0.39 is 0 Å². The predicted molar refractivity (Wildman–Crippen MR) is 70.5 cm³/mol. The zero-order valence-electron chi connectivity index (χ0n) is 9.49. The molecule has 0 radical (unpaired) electrons. The number of rotatable bonds is 4. The van der Waals surface area contributed by atoms with E-state index in [0.29, 0.717) is 6.54 Å². The average Bonchev–Trinajstić information content (AvgIpc) is 2.38. The van der Waals surface area contributed by atoms with Gasteiger partial charge in [0.1, 0.15) is 5.82 Å². The second-order valence-electron chi connectivity index (χ2n) is 3.72. The molecule has 0 saturated carbocycles. The molecule has 0 bridgehead atoms. The highest BCUT2D eigenvalue weighted by Gasteiger charge is 2.03. The third-order valence-corrected chi connectivity index (χ3v) is 2.52. The van der Waals surface area contributed by atoms with E-state index in [9.17, 15) is 4.39 Å². The van der Waals surface area contributed by atoms with Crippen LogP contribution in [0.4, 0.5) is 10.1 Å². The van der Waals surface area contributed by atoms with E-state index in [1.165, 1.54) is 12.1 Å². The molecule has 1 nitrogen and oxygen atoms in total. The molecule has 2 rings (SSSR count). The van der Waals surface area contributed by atoms with Gasteiger partial charge in [0.2, 0.25) is 0 Å². The standard InChI is InChI=1S/C15H14FN/c1-2-11-17-15-6-4-3-5-14(15)12-7-9-13(16)10-8-12/h2-10,17H,1,11H2. The smallest absolute Gasteiger partial charge is 0.123 e. The van der Waals surface area contributed by atoms with E-state index in [0.717, 1.165) is 16.8 Å². The molecule has 17 heavy (non-hydrogen) atoms. The number of para-hydroxylation sites is 1. The van der Waals surface area contributed by atoms with Crippen molar-refractivity contribution in [2.45, 2.75) is 0 Å². The van der Waals surface area contributed by atoms with E-state index in [2.05, 4.69) is 11.9 Å². The molecule has 2 aromatic rings. The van der Waals surface area contributed by atoms with E-state index in [1.807, 2.05) is 24.3 Å². The average molecular weight is 227 g/mol. The highest BCUT2D eigenvalue weighted by molar-refractivity contribution is 5.77. The molecule has 86 valence electrons. The Morgan fingerprint density at radius 2 is 1.76 bits per heavy atom. The van der Waals surface area contributed by atoms with Crippen LogP contribution in [0.1, 0.15) is 0 Å². The molecule has 0 aromatic heterocycles. The molecule has 0 aliphatic rings. The summed E-state index contributed by atoms with van der Waals surface area (Å²) in [7, 11) is 0. The van der Waals surface area contributed by atoms with Crippen molar-refractivity contribution in [3.8, 4) is 11.1 Å². The van der Waals surface area contributed by atoms with Crippen molar-refractivity contribution >= 4 is 5.69 Å². The number of hydrogen-bond acceptors (Lipinski definition) is 1. The van der Waals surface area contributed by atoms with Gasteiger partial charge >= 0.3 is 0 Å². The molecule has 0 fully saturated rings. The van der Waals surface area contributed by atoms with E-state index >= 15 is 0 Å². The first-order valence-electron chi connectivity index (χ1n) is 5.51. The van der Waals surface area contributed by atoms with Crippen LogP contribution >= 0.6 is 0 Å². The zero-order valence-corrected chi connectivity index (χ0v) is 9.49. The van der Waals surface area contributed by atoms with Gasteiger partial charge < -0.3 is 5.32 Å². The fourth-order valence-corrected chi connectivity index (χ4v) is 1.70. The Kier molecular flexibility index (Phi) is 3.55. The van der Waals surface area contributed by atoms with Gasteiger partial charge in [-0.05, 0) is 23.8 Å². The van der Waals surface area contributed by atoms with Crippen molar-refractivity contribution < 1.29 is 4.39 Å². The van der Waals surface area contributed by atoms with E-state index in [1.54, 1.807) is 18.2 Å². The summed E-state index contributed by atoms with van der Waals surface area (Å²) >= 11 is 0. The third-order valence-electron chi connectivity index (χ3n) is 2.52. The lowest BCUT2D eigenvalue weighted by Crippen LogP contribution is -1.99. The monoisotopic (exact) mass is 227 g/mol. The van der Waals surface area contributed by atoms with Crippen LogP contribution in [0.3, 0.4) is 0 Å². The van der Waals surface area contributed by atoms with Crippen LogP contribution in [-0.2, 0) is 0 Å². The molecule has 0 aliphatic heterocycles. The molecule has 0 saturated heterocycles. The van der Waals surface area contributed by atoms with Crippen molar-refractivity contribution in [3.63, 3.8) is 0 Å². The minimum Gasteiger partial charge on any atom is -0.381 e. The number of anilines is 1. The van der Waals surface area contributed by atoms with Gasteiger partial charge in [-0.1, -0.05) is 36.4 Å². The fourth-order valence-electron chi connectivity index (χ4n) is 1.70. The van der Waals surface area contributed by atoms with Crippen molar-refractivity contribution in [1.82, 2.24) is 0 Å². The summed E-state index contributed by atoms with van der Waals surface area (Å²) in [6.07, 6.45) is 1.81. The van der Waals surface area contributed by atoms with E-state index in [-0.39, 0.29) is 5.82 Å². The normalized spacial score (nSPS) is 9.94. The summed E-state index contributed by atoms with van der Waals surface area (Å²) < 4.78 is 12.9. The third kappa shape index (κ3) is 2.72. The summed E-state index contributed by atoms with van der Waals surface area (Å²) in [5.41, 5.74) is 3.09. The fraction of sp³-hybridized carbons (Fsp3) is 0.0667. The first-order chi connectivity index (χ1) is 8.31. The van der Waals surface area contributed by atoms with Crippen LogP contribution in [0.15, 0.2) is 61.2 Å². The van der Waals surface area contributed by atoms with Crippen LogP contribution < -0.4 is 5.32 Å². The Morgan fingerprint density at radius 1 is 1.06 bits per heavy atom. The van der Waals surface area contributed by atoms with Crippen LogP contribution in [0, 0.1) is 5.82 Å². The van der Waals surface area contributed by atoms with Gasteiger partial charge in [-0.2, -0.15) is 0 Å². The van der Waals surface area contributed by atoms with Crippen LogP contribution in [0.2, 0.25) is 0 Å². The number of nitrogens with one attached hydrogen (secondary N) is 1. The van der Waals surface area contributed by atoms with Gasteiger partial charge in [-0.3, -0.25) is 0 Å². The Bertz CT molecular complexity index is 503. The lowest BCUT2D eigenvalue weighted by atomic mass is 10.0. The Balaban J connectivity index is 2.36. The molecule has 0 atom stereocenters. The molecule has 0 amide bonds. The highest BCUT2D eigenvalue weighted by atomic mass is 19.1. The van der Waals surface area contributed by atoms with Crippen molar-refractivity contribution in [2.75, 3.05) is 11.9 Å². The summed E-state index contributed by atoms with van der Waals surface area (Å²) in [6.45, 7) is 4.38. The maximum atomic E-state index is 12.9. The molecule has 2 heteroatoms. The van der Waals surface area contributed by atoms with Crippen molar-refractivity contribution in [1.29, 1.82) is 0 Å². The summed E-state index contributed by atoms with van der Waals surface area (Å²) in [6, 6.07) is 14.5. The number of hydrogen-bond donors (Lipinski definition) is 1. The van der Waals surface area contributed by atoms with Gasteiger partial charge in [-0.15, -0.1) is 6.58 Å². The first-order valence-corrected chi connectivity index (χ1v) is 5.51. The van der Waals surface area contributed by atoms with Crippen LogP contribution in [0.5, 0.6) is 0 Å². The van der Waals surface area contributed by atoms with Gasteiger partial charge in [-0.25, -0.2) is 4.39 Å². The second-order valence-corrected chi connectivity index (χ2v) is 3.72. The topological polar surface area (TPSA) is 12.0 Å². The van der Waals surface area contributed by atoms with Gasteiger partial charge in [0.15, 0.2) is 0 Å². The summed E-state index contributed by atoms with van der Waals surface area (Å²) in [5.74, 6) is -0.217. The molecular formula is C15H14FN. The van der Waals surface area contributed by atoms with Crippen molar-refractivity contribution in [2.24, 2.45) is 0 Å². The highest BCUT2D eigenvalue weighted by Crippen LogP contribution is 2.27. The first kappa shape index (κ1) is 11.4. The summed E-state index contributed by atoms with van der Waals surface area (Å²) in [5, 5.41) is 3.26. The minimum atomic E-state index is -0.217. The Hall–Kier alpha value is -2.09. The maximum Gasteiger partial charge on any atom is 0.123 e. The van der Waals surface area contributed by atoms with Gasteiger partial charge in [0.25, 0.3) is 0 Å². The zero-order chi connectivity index (χ0) is 12.1. The SMILES string of the molecule is C=CCNc1ccccc1-c1ccc(F)cc1. The lowest BCUT2D eigenvalue weighted by Gasteiger charge is -2.10.